The van der Waals surface area contributed by atoms with Crippen LogP contribution < -0.4 is 5.32 Å². The van der Waals surface area contributed by atoms with Gasteiger partial charge in [-0.05, 0) is 56.3 Å². The Hall–Kier alpha value is -0.640. The van der Waals surface area contributed by atoms with E-state index in [9.17, 15) is 4.39 Å². The highest BCUT2D eigenvalue weighted by Gasteiger charge is 2.19. The Morgan fingerprint density at radius 1 is 1.42 bits per heavy atom. The lowest BCUT2D eigenvalue weighted by molar-refractivity contribution is 0.0608. The first-order valence-corrected chi connectivity index (χ1v) is 7.25. The van der Waals surface area contributed by atoms with Crippen LogP contribution in [-0.4, -0.2) is 26.3 Å². The highest BCUT2D eigenvalue weighted by Crippen LogP contribution is 2.24. The summed E-state index contributed by atoms with van der Waals surface area (Å²) in [4.78, 5) is 0. The Bertz CT molecular complexity index is 407. The van der Waals surface area contributed by atoms with E-state index >= 15 is 0 Å². The Labute approximate surface area is 119 Å². The fourth-order valence-electron chi connectivity index (χ4n) is 2.64. The Morgan fingerprint density at radius 3 is 2.79 bits per heavy atom. The molecule has 1 aliphatic rings. The van der Waals surface area contributed by atoms with Crippen molar-refractivity contribution in [2.24, 2.45) is 5.92 Å². The van der Waals surface area contributed by atoms with Crippen LogP contribution in [0.25, 0.3) is 0 Å². The van der Waals surface area contributed by atoms with Gasteiger partial charge in [-0.25, -0.2) is 4.39 Å². The lowest BCUT2D eigenvalue weighted by atomic mass is 9.90. The molecule has 1 aromatic rings. The summed E-state index contributed by atoms with van der Waals surface area (Å²) in [6.45, 7) is 1.75. The van der Waals surface area contributed by atoms with Crippen molar-refractivity contribution in [3.63, 3.8) is 0 Å². The molecule has 1 fully saturated rings. The fourth-order valence-corrected chi connectivity index (χ4v) is 2.88. The molecule has 0 aliphatic carbocycles. The zero-order chi connectivity index (χ0) is 13.7. The molecule has 19 heavy (non-hydrogen) atoms. The average Bonchev–Trinajstić information content (AvgIpc) is 2.42. The number of nitrogens with one attached hydrogen (secondary N) is 1. The van der Waals surface area contributed by atoms with Crippen molar-refractivity contribution in [3.05, 3.63) is 34.6 Å². The van der Waals surface area contributed by atoms with Crippen molar-refractivity contribution < 1.29 is 9.13 Å². The highest BCUT2D eigenvalue weighted by molar-refractivity contribution is 6.31. The third kappa shape index (κ3) is 4.44. The highest BCUT2D eigenvalue weighted by atomic mass is 35.5. The van der Waals surface area contributed by atoms with Crippen molar-refractivity contribution >= 4 is 11.6 Å². The summed E-state index contributed by atoms with van der Waals surface area (Å²) < 4.78 is 18.4. The van der Waals surface area contributed by atoms with Crippen LogP contribution in [0.2, 0.25) is 5.02 Å². The predicted octanol–water partition coefficient (Wildman–Crippen LogP) is 3.43. The van der Waals surface area contributed by atoms with Crippen molar-refractivity contribution in [1.82, 2.24) is 5.32 Å². The van der Waals surface area contributed by atoms with Crippen LogP contribution in [-0.2, 0) is 11.2 Å². The van der Waals surface area contributed by atoms with E-state index in [-0.39, 0.29) is 5.82 Å². The number of likely N-dealkylation sites (N-methyl/N-ethyl adjacent to an activating group) is 1. The molecule has 1 aliphatic heterocycles. The molecule has 1 atom stereocenters. The first kappa shape index (κ1) is 14.8. The van der Waals surface area contributed by atoms with Gasteiger partial charge < -0.3 is 10.1 Å². The zero-order valence-electron chi connectivity index (χ0n) is 11.3. The van der Waals surface area contributed by atoms with Gasteiger partial charge >= 0.3 is 0 Å². The maximum absolute atomic E-state index is 13.0. The second kappa shape index (κ2) is 7.22. The monoisotopic (exact) mass is 285 g/mol. The Morgan fingerprint density at radius 2 is 2.16 bits per heavy atom. The number of hydrogen-bond acceptors (Lipinski definition) is 2. The largest absolute Gasteiger partial charge is 0.381 e. The lowest BCUT2D eigenvalue weighted by Crippen LogP contribution is -2.32. The van der Waals surface area contributed by atoms with Crippen LogP contribution in [0.4, 0.5) is 4.39 Å². The van der Waals surface area contributed by atoms with Crippen LogP contribution >= 0.6 is 11.6 Å². The lowest BCUT2D eigenvalue weighted by Gasteiger charge is -2.26. The topological polar surface area (TPSA) is 21.3 Å². The zero-order valence-corrected chi connectivity index (χ0v) is 12.0. The Kier molecular flexibility index (Phi) is 5.61. The number of ether oxygens (including phenoxy) is 1. The van der Waals surface area contributed by atoms with Gasteiger partial charge in [0.2, 0.25) is 0 Å². The molecule has 2 nitrogen and oxygen atoms in total. The van der Waals surface area contributed by atoms with Crippen molar-refractivity contribution in [2.45, 2.75) is 31.7 Å². The predicted molar refractivity (Wildman–Crippen MR) is 76.1 cm³/mol. The molecular formula is C15H21ClFNO. The fraction of sp³-hybridized carbons (Fsp3) is 0.600. The minimum Gasteiger partial charge on any atom is -0.381 e. The molecule has 1 N–H and O–H groups in total. The minimum atomic E-state index is -0.279. The third-order valence-corrected chi connectivity index (χ3v) is 4.20. The molecule has 0 amide bonds. The molecule has 0 spiro atoms. The molecule has 1 saturated heterocycles. The summed E-state index contributed by atoms with van der Waals surface area (Å²) in [5.41, 5.74) is 1.01. The van der Waals surface area contributed by atoms with Crippen LogP contribution in [0.1, 0.15) is 24.8 Å². The van der Waals surface area contributed by atoms with E-state index < -0.39 is 0 Å². The van der Waals surface area contributed by atoms with E-state index in [0.29, 0.717) is 17.0 Å². The maximum Gasteiger partial charge on any atom is 0.124 e. The van der Waals surface area contributed by atoms with E-state index in [1.807, 2.05) is 7.05 Å². The van der Waals surface area contributed by atoms with E-state index in [2.05, 4.69) is 5.32 Å². The summed E-state index contributed by atoms with van der Waals surface area (Å²) in [7, 11) is 1.97. The molecule has 1 heterocycles. The number of halogens is 2. The van der Waals surface area contributed by atoms with E-state index in [0.717, 1.165) is 44.5 Å². The minimum absolute atomic E-state index is 0.279. The quantitative estimate of drug-likeness (QED) is 0.895. The van der Waals surface area contributed by atoms with Crippen LogP contribution in [0.3, 0.4) is 0 Å². The van der Waals surface area contributed by atoms with E-state index in [4.69, 9.17) is 16.3 Å². The van der Waals surface area contributed by atoms with E-state index in [1.165, 1.54) is 12.1 Å². The van der Waals surface area contributed by atoms with Crippen LogP contribution in [0.15, 0.2) is 18.2 Å². The molecule has 0 bridgehead atoms. The van der Waals surface area contributed by atoms with Gasteiger partial charge in [-0.3, -0.25) is 0 Å². The van der Waals surface area contributed by atoms with Gasteiger partial charge in [-0.15, -0.1) is 0 Å². The molecule has 0 aromatic heterocycles. The summed E-state index contributed by atoms with van der Waals surface area (Å²) in [6.07, 6.45) is 4.23. The van der Waals surface area contributed by atoms with Crippen molar-refractivity contribution in [3.8, 4) is 0 Å². The van der Waals surface area contributed by atoms with Gasteiger partial charge in [0.1, 0.15) is 5.82 Å². The molecule has 106 valence electrons. The number of benzene rings is 1. The standard InChI is InChI=1S/C15H21ClFNO/c1-18-14(8-11-4-6-19-7-5-11)9-12-2-3-13(17)10-15(12)16/h2-3,10-11,14,18H,4-9H2,1H3. The Balaban J connectivity index is 1.94. The molecule has 2 rings (SSSR count). The summed E-state index contributed by atoms with van der Waals surface area (Å²) in [5.74, 6) is 0.435. The summed E-state index contributed by atoms with van der Waals surface area (Å²) >= 11 is 6.09. The van der Waals surface area contributed by atoms with Gasteiger partial charge in [0.15, 0.2) is 0 Å². The van der Waals surface area contributed by atoms with Gasteiger partial charge in [0.05, 0.1) is 0 Å². The van der Waals surface area contributed by atoms with Gasteiger partial charge in [0.25, 0.3) is 0 Å². The number of hydrogen-bond donors (Lipinski definition) is 1. The summed E-state index contributed by atoms with van der Waals surface area (Å²) in [6, 6.07) is 5.03. The molecule has 0 radical (unpaired) electrons. The molecule has 0 saturated carbocycles. The maximum atomic E-state index is 13.0. The van der Waals surface area contributed by atoms with Gasteiger partial charge in [0, 0.05) is 24.3 Å². The van der Waals surface area contributed by atoms with Crippen molar-refractivity contribution in [2.75, 3.05) is 20.3 Å². The molecular weight excluding hydrogens is 265 g/mol. The smallest absolute Gasteiger partial charge is 0.124 e. The van der Waals surface area contributed by atoms with Crippen molar-refractivity contribution in [1.29, 1.82) is 0 Å². The van der Waals surface area contributed by atoms with Crippen LogP contribution in [0.5, 0.6) is 0 Å². The SMILES string of the molecule is CNC(Cc1ccc(F)cc1Cl)CC1CCOCC1. The second-order valence-electron chi connectivity index (χ2n) is 5.22. The molecule has 4 heteroatoms. The third-order valence-electron chi connectivity index (χ3n) is 3.85. The first-order chi connectivity index (χ1) is 9.19. The first-order valence-electron chi connectivity index (χ1n) is 6.88. The second-order valence-corrected chi connectivity index (χ2v) is 5.62. The molecule has 1 aromatic carbocycles. The normalized spacial score (nSPS) is 18.5. The average molecular weight is 286 g/mol. The van der Waals surface area contributed by atoms with Crippen LogP contribution in [0, 0.1) is 11.7 Å². The molecule has 1 unspecified atom stereocenters. The van der Waals surface area contributed by atoms with E-state index in [1.54, 1.807) is 6.07 Å². The van der Waals surface area contributed by atoms with Gasteiger partial charge in [-0.1, -0.05) is 17.7 Å². The number of rotatable bonds is 5. The van der Waals surface area contributed by atoms with Gasteiger partial charge in [-0.2, -0.15) is 0 Å². The summed E-state index contributed by atoms with van der Waals surface area (Å²) in [5, 5.41) is 3.87.